The van der Waals surface area contributed by atoms with E-state index in [0.29, 0.717) is 11.1 Å². The minimum absolute atomic E-state index is 0.0486. The summed E-state index contributed by atoms with van der Waals surface area (Å²) in [5.74, 6) is -0.0486. The Hall–Kier alpha value is -1.07. The molecule has 0 amide bonds. The Morgan fingerprint density at radius 3 is 2.79 bits per heavy atom. The van der Waals surface area contributed by atoms with Gasteiger partial charge in [-0.25, -0.2) is 4.37 Å². The van der Waals surface area contributed by atoms with Gasteiger partial charge in [0.15, 0.2) is 5.78 Å². The second-order valence-electron chi connectivity index (χ2n) is 2.63. The first-order valence-corrected chi connectivity index (χ1v) is 5.45. The zero-order valence-corrected chi connectivity index (χ0v) is 9.38. The molecule has 0 spiro atoms. The highest BCUT2D eigenvalue weighted by atomic mass is 79.9. The van der Waals surface area contributed by atoms with E-state index in [2.05, 4.69) is 25.3 Å². The molecule has 3 nitrogen and oxygen atoms in total. The Kier molecular flexibility index (Phi) is 2.69. The number of halogens is 1. The molecule has 14 heavy (non-hydrogen) atoms. The van der Waals surface area contributed by atoms with Gasteiger partial charge in [-0.1, -0.05) is 0 Å². The van der Waals surface area contributed by atoms with E-state index in [1.165, 1.54) is 11.5 Å². The molecular formula is C9H5BrN2OS. The predicted octanol–water partition coefficient (Wildman–Crippen LogP) is 2.53. The maximum Gasteiger partial charge on any atom is 0.197 e. The molecule has 0 aromatic carbocycles. The van der Waals surface area contributed by atoms with Gasteiger partial charge in [-0.05, 0) is 33.5 Å². The van der Waals surface area contributed by atoms with E-state index >= 15 is 0 Å². The van der Waals surface area contributed by atoms with E-state index in [-0.39, 0.29) is 5.78 Å². The molecule has 0 bridgehead atoms. The van der Waals surface area contributed by atoms with Crippen LogP contribution in [0.2, 0.25) is 0 Å². The van der Waals surface area contributed by atoms with Gasteiger partial charge < -0.3 is 0 Å². The summed E-state index contributed by atoms with van der Waals surface area (Å²) in [6.45, 7) is 0. The van der Waals surface area contributed by atoms with E-state index in [1.54, 1.807) is 30.0 Å². The zero-order valence-electron chi connectivity index (χ0n) is 6.98. The molecule has 0 radical (unpaired) electrons. The summed E-state index contributed by atoms with van der Waals surface area (Å²) in [5.41, 5.74) is 1.18. The predicted molar refractivity (Wildman–Crippen MR) is 57.5 cm³/mol. The zero-order chi connectivity index (χ0) is 9.97. The lowest BCUT2D eigenvalue weighted by Crippen LogP contribution is -1.99. The van der Waals surface area contributed by atoms with Gasteiger partial charge in [0.1, 0.15) is 0 Å². The first-order chi connectivity index (χ1) is 6.77. The van der Waals surface area contributed by atoms with Gasteiger partial charge in [-0.3, -0.25) is 9.78 Å². The number of hydrogen-bond acceptors (Lipinski definition) is 4. The quantitative estimate of drug-likeness (QED) is 0.787. The summed E-state index contributed by atoms with van der Waals surface area (Å²) < 4.78 is 4.68. The molecule has 2 rings (SSSR count). The topological polar surface area (TPSA) is 42.9 Å². The second-order valence-corrected chi connectivity index (χ2v) is 4.21. The van der Waals surface area contributed by atoms with E-state index in [1.807, 2.05) is 0 Å². The third-order valence-electron chi connectivity index (χ3n) is 1.66. The van der Waals surface area contributed by atoms with Crippen LogP contribution in [0, 0.1) is 0 Å². The van der Waals surface area contributed by atoms with Crippen molar-refractivity contribution in [2.24, 2.45) is 0 Å². The van der Waals surface area contributed by atoms with Gasteiger partial charge in [0, 0.05) is 27.8 Å². The third-order valence-corrected chi connectivity index (χ3v) is 2.68. The molecule has 0 saturated heterocycles. The fraction of sp³-hybridized carbons (Fsp3) is 0. The fourth-order valence-corrected chi connectivity index (χ4v) is 1.90. The van der Waals surface area contributed by atoms with Crippen molar-refractivity contribution in [2.75, 3.05) is 0 Å². The second kappa shape index (κ2) is 3.98. The minimum atomic E-state index is -0.0486. The molecule has 2 heterocycles. The van der Waals surface area contributed by atoms with Gasteiger partial charge in [-0.15, -0.1) is 0 Å². The van der Waals surface area contributed by atoms with E-state index in [0.717, 1.165) is 4.47 Å². The van der Waals surface area contributed by atoms with Gasteiger partial charge >= 0.3 is 0 Å². The van der Waals surface area contributed by atoms with Crippen LogP contribution in [0.25, 0.3) is 0 Å². The number of hydrogen-bond donors (Lipinski definition) is 0. The van der Waals surface area contributed by atoms with Crippen LogP contribution >= 0.6 is 27.5 Å². The number of ketones is 1. The van der Waals surface area contributed by atoms with Crippen molar-refractivity contribution in [3.8, 4) is 0 Å². The van der Waals surface area contributed by atoms with Crippen molar-refractivity contribution < 1.29 is 4.79 Å². The number of carbonyl (C=O) groups is 1. The summed E-state index contributed by atoms with van der Waals surface area (Å²) in [4.78, 5) is 15.7. The lowest BCUT2D eigenvalue weighted by atomic mass is 10.1. The Morgan fingerprint density at radius 2 is 2.14 bits per heavy atom. The van der Waals surface area contributed by atoms with Crippen molar-refractivity contribution in [1.82, 2.24) is 9.36 Å². The fourth-order valence-electron chi connectivity index (χ4n) is 1.02. The average molecular weight is 269 g/mol. The molecule has 5 heteroatoms. The Labute approximate surface area is 93.1 Å². The van der Waals surface area contributed by atoms with Crippen molar-refractivity contribution in [1.29, 1.82) is 0 Å². The summed E-state index contributed by atoms with van der Waals surface area (Å²) in [6.07, 6.45) is 4.75. The molecule has 0 N–H and O–H groups in total. The lowest BCUT2D eigenvalue weighted by Gasteiger charge is -1.97. The van der Waals surface area contributed by atoms with Crippen molar-refractivity contribution in [3.05, 3.63) is 45.6 Å². The summed E-state index contributed by atoms with van der Waals surface area (Å²) in [6, 6.07) is 1.74. The van der Waals surface area contributed by atoms with Gasteiger partial charge in [-0.2, -0.15) is 0 Å². The minimum Gasteiger partial charge on any atom is -0.288 e. The Balaban J connectivity index is 2.37. The SMILES string of the molecule is O=C(c1cnsc1)c1cncc(Br)c1. The molecule has 70 valence electrons. The molecule has 2 aromatic heterocycles. The maximum atomic E-state index is 11.8. The van der Waals surface area contributed by atoms with Crippen LogP contribution in [0.5, 0.6) is 0 Å². The number of aromatic nitrogens is 2. The molecular weight excluding hydrogens is 264 g/mol. The van der Waals surface area contributed by atoms with Crippen LogP contribution in [0.4, 0.5) is 0 Å². The first-order valence-electron chi connectivity index (χ1n) is 3.82. The van der Waals surface area contributed by atoms with Crippen molar-refractivity contribution in [3.63, 3.8) is 0 Å². The van der Waals surface area contributed by atoms with E-state index < -0.39 is 0 Å². The highest BCUT2D eigenvalue weighted by Crippen LogP contribution is 2.14. The van der Waals surface area contributed by atoms with Crippen molar-refractivity contribution in [2.45, 2.75) is 0 Å². The smallest absolute Gasteiger partial charge is 0.197 e. The van der Waals surface area contributed by atoms with Crippen LogP contribution in [-0.4, -0.2) is 15.1 Å². The standard InChI is InChI=1S/C9H5BrN2OS/c10-8-1-6(2-11-4-8)9(13)7-3-12-14-5-7/h1-5H. The average Bonchev–Trinajstić information content (AvgIpc) is 2.69. The highest BCUT2D eigenvalue weighted by molar-refractivity contribution is 9.10. The van der Waals surface area contributed by atoms with E-state index in [9.17, 15) is 4.79 Å². The molecule has 0 fully saturated rings. The van der Waals surface area contributed by atoms with Crippen molar-refractivity contribution >= 4 is 33.2 Å². The molecule has 0 unspecified atom stereocenters. The number of rotatable bonds is 2. The normalized spacial score (nSPS) is 10.1. The number of nitrogens with zero attached hydrogens (tertiary/aromatic N) is 2. The highest BCUT2D eigenvalue weighted by Gasteiger charge is 2.10. The Bertz CT molecular complexity index is 456. The van der Waals surface area contributed by atoms with Gasteiger partial charge in [0.2, 0.25) is 0 Å². The summed E-state index contributed by atoms with van der Waals surface area (Å²) in [5, 5.41) is 1.73. The maximum absolute atomic E-state index is 11.8. The summed E-state index contributed by atoms with van der Waals surface area (Å²) >= 11 is 4.53. The largest absolute Gasteiger partial charge is 0.288 e. The van der Waals surface area contributed by atoms with Gasteiger partial charge in [0.25, 0.3) is 0 Å². The number of pyridine rings is 1. The molecule has 0 aliphatic heterocycles. The van der Waals surface area contributed by atoms with Gasteiger partial charge in [0.05, 0.1) is 11.8 Å². The van der Waals surface area contributed by atoms with Crippen LogP contribution < -0.4 is 0 Å². The third kappa shape index (κ3) is 1.88. The Morgan fingerprint density at radius 1 is 1.29 bits per heavy atom. The molecule has 0 atom stereocenters. The van der Waals surface area contributed by atoms with Crippen LogP contribution in [0.15, 0.2) is 34.5 Å². The summed E-state index contributed by atoms with van der Waals surface area (Å²) in [7, 11) is 0. The number of carbonyl (C=O) groups excluding carboxylic acids is 1. The van der Waals surface area contributed by atoms with Crippen LogP contribution in [-0.2, 0) is 0 Å². The van der Waals surface area contributed by atoms with E-state index in [4.69, 9.17) is 0 Å². The molecule has 0 saturated carbocycles. The molecule has 0 aliphatic carbocycles. The van der Waals surface area contributed by atoms with Crippen LogP contribution in [0.1, 0.15) is 15.9 Å². The monoisotopic (exact) mass is 268 g/mol. The first kappa shape index (κ1) is 9.48. The van der Waals surface area contributed by atoms with Crippen LogP contribution in [0.3, 0.4) is 0 Å². The molecule has 0 aliphatic rings. The lowest BCUT2D eigenvalue weighted by molar-refractivity contribution is 0.103. The molecule has 2 aromatic rings.